The topological polar surface area (TPSA) is 92.6 Å². The Hall–Kier alpha value is -4.18. The van der Waals surface area contributed by atoms with Crippen molar-refractivity contribution in [3.05, 3.63) is 118 Å². The molecule has 0 bridgehead atoms. The lowest BCUT2D eigenvalue weighted by Crippen LogP contribution is -2.29. The maximum absolute atomic E-state index is 13.6. The highest BCUT2D eigenvalue weighted by atomic mass is 35.5. The molecule has 0 aliphatic carbocycles. The Morgan fingerprint density at radius 1 is 1.00 bits per heavy atom. The number of fused-ring (bicyclic) bond motifs is 1. The van der Waals surface area contributed by atoms with Crippen LogP contribution in [0.25, 0.3) is 16.5 Å². The number of amides is 1. The van der Waals surface area contributed by atoms with Gasteiger partial charge < -0.3 is 9.84 Å². The monoisotopic (exact) mass is 627 g/mol. The first-order valence-corrected chi connectivity index (χ1v) is 15.8. The Morgan fingerprint density at radius 2 is 1.77 bits per heavy atom. The van der Waals surface area contributed by atoms with Gasteiger partial charge in [-0.3, -0.25) is 14.5 Å². The fourth-order valence-corrected chi connectivity index (χ4v) is 7.02. The maximum atomic E-state index is 13.6. The predicted molar refractivity (Wildman–Crippen MR) is 172 cm³/mol. The number of aliphatic hydroxyl groups excluding tert-OH is 1. The molecule has 0 saturated carbocycles. The molecular formula is C33H26ClN3O4S2. The summed E-state index contributed by atoms with van der Waals surface area (Å²) >= 11 is 8.80. The second-order valence-corrected chi connectivity index (χ2v) is 12.5. The molecule has 1 atom stereocenters. The lowest BCUT2D eigenvalue weighted by Gasteiger charge is -2.23. The van der Waals surface area contributed by atoms with Crippen LogP contribution < -0.4 is 9.64 Å². The van der Waals surface area contributed by atoms with E-state index < -0.39 is 17.7 Å². The molecule has 1 unspecified atom stereocenters. The number of anilines is 1. The molecule has 7 nitrogen and oxygen atoms in total. The van der Waals surface area contributed by atoms with Crippen LogP contribution in [0.3, 0.4) is 0 Å². The van der Waals surface area contributed by atoms with Crippen LogP contribution in [0.2, 0.25) is 5.02 Å². The summed E-state index contributed by atoms with van der Waals surface area (Å²) in [4.78, 5) is 28.5. The minimum atomic E-state index is -0.940. The third kappa shape index (κ3) is 5.88. The highest BCUT2D eigenvalue weighted by Gasteiger charge is 2.48. The Balaban J connectivity index is 1.37. The van der Waals surface area contributed by atoms with E-state index >= 15 is 0 Å². The number of ether oxygens (including phenoxy) is 1. The van der Waals surface area contributed by atoms with Crippen molar-refractivity contribution >= 4 is 68.1 Å². The molecule has 0 radical (unpaired) electrons. The van der Waals surface area contributed by atoms with Gasteiger partial charge in [0.25, 0.3) is 5.78 Å². The molecule has 2 heterocycles. The van der Waals surface area contributed by atoms with Gasteiger partial charge in [-0.15, -0.1) is 10.2 Å². The third-order valence-corrected chi connectivity index (χ3v) is 9.40. The Morgan fingerprint density at radius 3 is 2.58 bits per heavy atom. The summed E-state index contributed by atoms with van der Waals surface area (Å²) in [6.07, 6.45) is 0.823. The highest BCUT2D eigenvalue weighted by Crippen LogP contribution is 2.44. The van der Waals surface area contributed by atoms with Gasteiger partial charge in [0.15, 0.2) is 4.34 Å². The van der Waals surface area contributed by atoms with Crippen molar-refractivity contribution < 1.29 is 19.4 Å². The second kappa shape index (κ2) is 12.6. The quantitative estimate of drug-likeness (QED) is 0.0581. The predicted octanol–water partition coefficient (Wildman–Crippen LogP) is 8.05. The van der Waals surface area contributed by atoms with Crippen LogP contribution in [0.4, 0.5) is 5.13 Å². The molecule has 10 heteroatoms. The van der Waals surface area contributed by atoms with Gasteiger partial charge in [-0.05, 0) is 64.7 Å². The van der Waals surface area contributed by atoms with E-state index in [-0.39, 0.29) is 16.5 Å². The van der Waals surface area contributed by atoms with E-state index in [1.54, 1.807) is 42.5 Å². The van der Waals surface area contributed by atoms with Crippen LogP contribution in [0.1, 0.15) is 36.1 Å². The molecule has 1 saturated heterocycles. The third-order valence-electron chi connectivity index (χ3n) is 7.04. The van der Waals surface area contributed by atoms with E-state index in [1.807, 2.05) is 31.2 Å². The van der Waals surface area contributed by atoms with E-state index in [4.69, 9.17) is 16.3 Å². The zero-order valence-electron chi connectivity index (χ0n) is 23.1. The van der Waals surface area contributed by atoms with Crippen molar-refractivity contribution in [3.8, 4) is 5.75 Å². The van der Waals surface area contributed by atoms with Crippen molar-refractivity contribution in [1.82, 2.24) is 10.2 Å². The van der Waals surface area contributed by atoms with Gasteiger partial charge in [-0.1, -0.05) is 96.2 Å². The van der Waals surface area contributed by atoms with Crippen molar-refractivity contribution in [2.75, 3.05) is 11.5 Å². The summed E-state index contributed by atoms with van der Waals surface area (Å²) < 4.78 is 6.50. The minimum Gasteiger partial charge on any atom is -0.507 e. The van der Waals surface area contributed by atoms with Crippen LogP contribution in [-0.4, -0.2) is 33.6 Å². The number of thioether (sulfide) groups is 1. The molecule has 216 valence electrons. The molecular weight excluding hydrogens is 602 g/mol. The summed E-state index contributed by atoms with van der Waals surface area (Å²) in [6.45, 7) is 2.53. The van der Waals surface area contributed by atoms with Crippen molar-refractivity contribution in [1.29, 1.82) is 0 Å². The largest absolute Gasteiger partial charge is 0.507 e. The summed E-state index contributed by atoms with van der Waals surface area (Å²) in [5.41, 5.74) is 2.09. The Labute approximate surface area is 261 Å². The Bertz CT molecular complexity index is 1850. The summed E-state index contributed by atoms with van der Waals surface area (Å²) in [6, 6.07) is 27.1. The maximum Gasteiger partial charge on any atom is 0.301 e. The Kier molecular flexibility index (Phi) is 8.47. The fraction of sp³-hybridized carbons (Fsp3) is 0.152. The van der Waals surface area contributed by atoms with E-state index in [9.17, 15) is 14.7 Å². The highest BCUT2D eigenvalue weighted by molar-refractivity contribution is 8.00. The number of aromatic nitrogens is 2. The van der Waals surface area contributed by atoms with E-state index in [0.29, 0.717) is 38.6 Å². The van der Waals surface area contributed by atoms with Crippen LogP contribution in [-0.2, 0) is 15.3 Å². The fourth-order valence-electron chi connectivity index (χ4n) is 5.02. The number of aliphatic hydroxyl groups is 1. The number of Topliss-reactive ketones (excluding diaryl/α,β-unsaturated/α-hetero) is 1. The zero-order chi connectivity index (χ0) is 29.9. The average Bonchev–Trinajstić information content (AvgIpc) is 3.60. The van der Waals surface area contributed by atoms with Crippen LogP contribution >= 0.6 is 34.7 Å². The van der Waals surface area contributed by atoms with Gasteiger partial charge in [0.1, 0.15) is 11.5 Å². The second-order valence-electron chi connectivity index (χ2n) is 9.87. The number of carbonyl (C=O) groups is 2. The average molecular weight is 628 g/mol. The molecule has 1 aromatic heterocycles. The summed E-state index contributed by atoms with van der Waals surface area (Å²) in [5, 5.41) is 23.1. The van der Waals surface area contributed by atoms with Crippen LogP contribution in [0, 0.1) is 0 Å². The van der Waals surface area contributed by atoms with Crippen molar-refractivity contribution in [2.24, 2.45) is 0 Å². The number of hydrogen-bond acceptors (Lipinski definition) is 8. The van der Waals surface area contributed by atoms with E-state index in [0.717, 1.165) is 17.4 Å². The van der Waals surface area contributed by atoms with Crippen molar-refractivity contribution in [2.45, 2.75) is 29.5 Å². The van der Waals surface area contributed by atoms with Gasteiger partial charge in [-0.25, -0.2) is 0 Å². The van der Waals surface area contributed by atoms with Crippen LogP contribution in [0.15, 0.2) is 101 Å². The molecule has 43 heavy (non-hydrogen) atoms. The number of halogens is 1. The van der Waals surface area contributed by atoms with Gasteiger partial charge in [0.2, 0.25) is 5.13 Å². The smallest absolute Gasteiger partial charge is 0.301 e. The van der Waals surface area contributed by atoms with Gasteiger partial charge in [0, 0.05) is 16.3 Å². The molecule has 0 spiro atoms. The lowest BCUT2D eigenvalue weighted by atomic mass is 9.95. The number of hydrogen-bond donors (Lipinski definition) is 1. The molecule has 5 aromatic rings. The number of benzene rings is 4. The number of nitrogens with zero attached hydrogens (tertiary/aromatic N) is 3. The minimum absolute atomic E-state index is 0.0416. The summed E-state index contributed by atoms with van der Waals surface area (Å²) in [5.74, 6) is -0.636. The molecule has 1 fully saturated rings. The first-order chi connectivity index (χ1) is 20.9. The molecule has 1 N–H and O–H groups in total. The molecule has 1 aliphatic rings. The molecule has 4 aromatic carbocycles. The number of rotatable bonds is 9. The van der Waals surface area contributed by atoms with Gasteiger partial charge in [-0.2, -0.15) is 0 Å². The van der Waals surface area contributed by atoms with Gasteiger partial charge in [0.05, 0.1) is 18.2 Å². The molecule has 6 rings (SSSR count). The molecule has 1 aliphatic heterocycles. The van der Waals surface area contributed by atoms with E-state index in [2.05, 4.69) is 34.5 Å². The van der Waals surface area contributed by atoms with E-state index in [1.165, 1.54) is 33.4 Å². The van der Waals surface area contributed by atoms with Crippen LogP contribution in [0.5, 0.6) is 5.75 Å². The lowest BCUT2D eigenvalue weighted by molar-refractivity contribution is -0.132. The SMILES string of the molecule is CCCOc1cccc(C2/C(=C(\O)c3ccc(Cl)cc3)C(=O)C(=O)N2c2nnc(SCc3cccc4ccccc34)s2)c1. The molecule has 1 amide bonds. The van der Waals surface area contributed by atoms with Crippen molar-refractivity contribution in [3.63, 3.8) is 0 Å². The zero-order valence-corrected chi connectivity index (χ0v) is 25.5. The number of carbonyl (C=O) groups excluding carboxylic acids is 2. The van der Waals surface area contributed by atoms with Gasteiger partial charge >= 0.3 is 5.91 Å². The number of ketones is 1. The summed E-state index contributed by atoms with van der Waals surface area (Å²) in [7, 11) is 0. The standard InChI is InChI=1S/C33H26ClN3O4S2/c1-2-17-41-25-11-6-9-22(18-25)28-27(29(38)21-13-15-24(34)16-14-21)30(39)31(40)37(28)32-35-36-33(43-32)42-19-23-10-5-8-20-7-3-4-12-26(20)23/h3-16,18,28,38H,2,17,19H2,1H3/b29-27+. The first kappa shape index (κ1) is 28.9. The normalized spacial score (nSPS) is 16.2. The first-order valence-electron chi connectivity index (χ1n) is 13.7.